The van der Waals surface area contributed by atoms with Gasteiger partial charge in [-0.05, 0) is 20.3 Å². The maximum absolute atomic E-state index is 11.9. The van der Waals surface area contributed by atoms with Gasteiger partial charge in [0.2, 0.25) is 0 Å². The molecule has 1 saturated heterocycles. The predicted octanol–water partition coefficient (Wildman–Crippen LogP) is 1.71. The summed E-state index contributed by atoms with van der Waals surface area (Å²) < 4.78 is 40.9. The zero-order valence-electron chi connectivity index (χ0n) is 7.74. The molecule has 1 aliphatic heterocycles. The maximum atomic E-state index is 11.9. The van der Waals surface area contributed by atoms with E-state index in [2.05, 4.69) is 5.32 Å². The summed E-state index contributed by atoms with van der Waals surface area (Å²) in [6.07, 6.45) is -3.50. The van der Waals surface area contributed by atoms with Crippen LogP contribution in [-0.2, 0) is 4.74 Å². The van der Waals surface area contributed by atoms with Gasteiger partial charge in [0, 0.05) is 12.6 Å². The average Bonchev–Trinajstić information content (AvgIpc) is 2.23. The molecule has 0 bridgehead atoms. The van der Waals surface area contributed by atoms with Crippen molar-refractivity contribution in [1.82, 2.24) is 5.32 Å². The number of hydrogen-bond donors (Lipinski definition) is 1. The van der Waals surface area contributed by atoms with Crippen molar-refractivity contribution in [3.8, 4) is 0 Å². The molecule has 0 aromatic heterocycles. The second-order valence-corrected chi connectivity index (χ2v) is 3.79. The standard InChI is InChI=1S/C8H14F3NO/c1-7(2)6(3-4-13-7)12-5-8(9,10)11/h6,12H,3-5H2,1-2H3. The van der Waals surface area contributed by atoms with Crippen molar-refractivity contribution in [3.05, 3.63) is 0 Å². The molecule has 0 aromatic carbocycles. The van der Waals surface area contributed by atoms with Crippen LogP contribution in [-0.4, -0.2) is 31.0 Å². The van der Waals surface area contributed by atoms with Crippen LogP contribution in [0.4, 0.5) is 13.2 Å². The SMILES string of the molecule is CC1(C)OCCC1NCC(F)(F)F. The molecular weight excluding hydrogens is 183 g/mol. The fourth-order valence-electron chi connectivity index (χ4n) is 1.47. The first kappa shape index (κ1) is 10.8. The van der Waals surface area contributed by atoms with E-state index >= 15 is 0 Å². The van der Waals surface area contributed by atoms with Crippen LogP contribution in [0.2, 0.25) is 0 Å². The van der Waals surface area contributed by atoms with Crippen molar-refractivity contribution in [2.45, 2.75) is 38.1 Å². The normalized spacial score (nSPS) is 27.9. The zero-order chi connectivity index (χ0) is 10.1. The van der Waals surface area contributed by atoms with Crippen LogP contribution in [0, 0.1) is 0 Å². The van der Waals surface area contributed by atoms with Gasteiger partial charge in [-0.25, -0.2) is 0 Å². The van der Waals surface area contributed by atoms with E-state index < -0.39 is 18.3 Å². The zero-order valence-corrected chi connectivity index (χ0v) is 7.74. The summed E-state index contributed by atoms with van der Waals surface area (Å²) in [5.41, 5.74) is -0.481. The molecule has 5 heteroatoms. The van der Waals surface area contributed by atoms with E-state index in [4.69, 9.17) is 4.74 Å². The fourth-order valence-corrected chi connectivity index (χ4v) is 1.47. The van der Waals surface area contributed by atoms with Gasteiger partial charge in [-0.2, -0.15) is 13.2 Å². The Morgan fingerprint density at radius 2 is 2.08 bits per heavy atom. The summed E-state index contributed by atoms with van der Waals surface area (Å²) in [5.74, 6) is 0. The van der Waals surface area contributed by atoms with Crippen molar-refractivity contribution in [1.29, 1.82) is 0 Å². The van der Waals surface area contributed by atoms with Crippen molar-refractivity contribution in [3.63, 3.8) is 0 Å². The Morgan fingerprint density at radius 1 is 1.46 bits per heavy atom. The largest absolute Gasteiger partial charge is 0.401 e. The number of hydrogen-bond acceptors (Lipinski definition) is 2. The molecule has 78 valence electrons. The van der Waals surface area contributed by atoms with E-state index in [9.17, 15) is 13.2 Å². The molecule has 1 heterocycles. The van der Waals surface area contributed by atoms with Gasteiger partial charge in [-0.3, -0.25) is 0 Å². The van der Waals surface area contributed by atoms with Crippen LogP contribution in [0.1, 0.15) is 20.3 Å². The predicted molar refractivity (Wildman–Crippen MR) is 42.5 cm³/mol. The lowest BCUT2D eigenvalue weighted by Crippen LogP contribution is -2.46. The van der Waals surface area contributed by atoms with E-state index in [1.54, 1.807) is 13.8 Å². The summed E-state index contributed by atoms with van der Waals surface area (Å²) in [4.78, 5) is 0. The molecule has 0 aliphatic carbocycles. The Morgan fingerprint density at radius 3 is 2.46 bits per heavy atom. The van der Waals surface area contributed by atoms with Crippen molar-refractivity contribution in [2.75, 3.05) is 13.2 Å². The molecule has 1 rings (SSSR count). The summed E-state index contributed by atoms with van der Waals surface area (Å²) in [6, 6.07) is -0.200. The Labute approximate surface area is 75.4 Å². The minimum Gasteiger partial charge on any atom is -0.374 e. The highest BCUT2D eigenvalue weighted by atomic mass is 19.4. The van der Waals surface area contributed by atoms with Crippen LogP contribution < -0.4 is 5.32 Å². The van der Waals surface area contributed by atoms with Gasteiger partial charge in [-0.15, -0.1) is 0 Å². The molecule has 0 spiro atoms. The molecule has 13 heavy (non-hydrogen) atoms. The Balaban J connectivity index is 2.37. The van der Waals surface area contributed by atoms with Gasteiger partial charge in [0.15, 0.2) is 0 Å². The minimum atomic E-state index is -4.14. The Hall–Kier alpha value is -0.290. The van der Waals surface area contributed by atoms with Crippen LogP contribution in [0.15, 0.2) is 0 Å². The van der Waals surface area contributed by atoms with Crippen molar-refractivity contribution < 1.29 is 17.9 Å². The van der Waals surface area contributed by atoms with Gasteiger partial charge in [0.1, 0.15) is 0 Å². The highest BCUT2D eigenvalue weighted by Crippen LogP contribution is 2.25. The molecule has 1 atom stereocenters. The number of alkyl halides is 3. The number of nitrogens with one attached hydrogen (secondary N) is 1. The first-order valence-electron chi connectivity index (χ1n) is 4.25. The summed E-state index contributed by atoms with van der Waals surface area (Å²) in [6.45, 7) is 3.19. The van der Waals surface area contributed by atoms with Crippen LogP contribution >= 0.6 is 0 Å². The molecule has 0 aromatic rings. The Kier molecular flexibility index (Phi) is 2.87. The van der Waals surface area contributed by atoms with E-state index in [-0.39, 0.29) is 6.04 Å². The van der Waals surface area contributed by atoms with Crippen LogP contribution in [0.3, 0.4) is 0 Å². The summed E-state index contributed by atoms with van der Waals surface area (Å²) in [7, 11) is 0. The number of halogens is 3. The summed E-state index contributed by atoms with van der Waals surface area (Å²) in [5, 5.41) is 2.46. The molecule has 0 saturated carbocycles. The van der Waals surface area contributed by atoms with Crippen LogP contribution in [0.25, 0.3) is 0 Å². The van der Waals surface area contributed by atoms with Crippen molar-refractivity contribution in [2.24, 2.45) is 0 Å². The summed E-state index contributed by atoms with van der Waals surface area (Å²) >= 11 is 0. The van der Waals surface area contributed by atoms with Gasteiger partial charge < -0.3 is 10.1 Å². The molecular formula is C8H14F3NO. The smallest absolute Gasteiger partial charge is 0.374 e. The average molecular weight is 197 g/mol. The van der Waals surface area contributed by atoms with Crippen molar-refractivity contribution >= 4 is 0 Å². The molecule has 1 aliphatic rings. The highest BCUT2D eigenvalue weighted by molar-refractivity contribution is 4.90. The third-order valence-corrected chi connectivity index (χ3v) is 2.27. The lowest BCUT2D eigenvalue weighted by atomic mass is 9.99. The number of ether oxygens (including phenoxy) is 1. The van der Waals surface area contributed by atoms with Gasteiger partial charge >= 0.3 is 6.18 Å². The van der Waals surface area contributed by atoms with E-state index in [0.717, 1.165) is 0 Å². The second kappa shape index (κ2) is 3.46. The molecule has 1 fully saturated rings. The first-order chi connectivity index (χ1) is 5.81. The monoisotopic (exact) mass is 197 g/mol. The van der Waals surface area contributed by atoms with E-state index in [0.29, 0.717) is 13.0 Å². The molecule has 0 radical (unpaired) electrons. The lowest BCUT2D eigenvalue weighted by Gasteiger charge is -2.27. The third-order valence-electron chi connectivity index (χ3n) is 2.27. The van der Waals surface area contributed by atoms with Gasteiger partial charge in [0.25, 0.3) is 0 Å². The van der Waals surface area contributed by atoms with E-state index in [1.165, 1.54) is 0 Å². The Bertz CT molecular complexity index is 179. The second-order valence-electron chi connectivity index (χ2n) is 3.79. The molecule has 2 nitrogen and oxygen atoms in total. The molecule has 1 unspecified atom stereocenters. The first-order valence-corrected chi connectivity index (χ1v) is 4.25. The third kappa shape index (κ3) is 3.15. The van der Waals surface area contributed by atoms with Gasteiger partial charge in [-0.1, -0.05) is 0 Å². The fraction of sp³-hybridized carbons (Fsp3) is 1.00. The molecule has 1 N–H and O–H groups in total. The van der Waals surface area contributed by atoms with E-state index in [1.807, 2.05) is 0 Å². The quantitative estimate of drug-likeness (QED) is 0.727. The maximum Gasteiger partial charge on any atom is 0.401 e. The number of rotatable bonds is 2. The van der Waals surface area contributed by atoms with Crippen LogP contribution in [0.5, 0.6) is 0 Å². The van der Waals surface area contributed by atoms with Gasteiger partial charge in [0.05, 0.1) is 12.1 Å². The minimum absolute atomic E-state index is 0.200. The highest BCUT2D eigenvalue weighted by Gasteiger charge is 2.38. The topological polar surface area (TPSA) is 21.3 Å². The molecule has 0 amide bonds. The lowest BCUT2D eigenvalue weighted by molar-refractivity contribution is -0.128.